The zero-order valence-corrected chi connectivity index (χ0v) is 17.0. The minimum atomic E-state index is -0.781. The van der Waals surface area contributed by atoms with Gasteiger partial charge in [-0.3, -0.25) is 4.79 Å². The molecule has 160 valence electrons. The van der Waals surface area contributed by atoms with E-state index in [1.54, 1.807) is 0 Å². The number of hydrogen-bond donors (Lipinski definition) is 0. The lowest BCUT2D eigenvalue weighted by Gasteiger charge is -2.48. The number of hydrogen-bond acceptors (Lipinski definition) is 7. The minimum absolute atomic E-state index is 0.308. The van der Waals surface area contributed by atoms with Crippen molar-refractivity contribution in [3.8, 4) is 0 Å². The van der Waals surface area contributed by atoms with Gasteiger partial charge in [0.2, 0.25) is 0 Å². The van der Waals surface area contributed by atoms with Crippen LogP contribution in [0.25, 0.3) is 0 Å². The highest BCUT2D eigenvalue weighted by atomic mass is 16.8. The fraction of sp³-hybridized carbons (Fsp3) is 0.435. The lowest BCUT2D eigenvalue weighted by molar-refractivity contribution is -0.364. The third kappa shape index (κ3) is 4.71. The van der Waals surface area contributed by atoms with Crippen molar-refractivity contribution in [3.63, 3.8) is 0 Å². The summed E-state index contributed by atoms with van der Waals surface area (Å²) in [5.41, 5.74) is 1.90. The van der Waals surface area contributed by atoms with Crippen LogP contribution in [-0.4, -0.2) is 50.4 Å². The third-order valence-electron chi connectivity index (χ3n) is 5.18. The summed E-state index contributed by atoms with van der Waals surface area (Å²) in [5, 5.41) is 0. The maximum atomic E-state index is 11.8. The molecule has 0 radical (unpaired) electrons. The van der Waals surface area contributed by atoms with E-state index in [-0.39, 0.29) is 0 Å². The maximum absolute atomic E-state index is 11.8. The summed E-state index contributed by atoms with van der Waals surface area (Å²) in [5.74, 6) is -0.441. The SMILES string of the molecule is CO[C@@H]1O[C@@H]2CO[C@@H](c3ccccc3)O[C@H]2[C@H](OCc2ccccc2)[C@@H]1OC(C)=O. The second-order valence-electron chi connectivity index (χ2n) is 7.29. The van der Waals surface area contributed by atoms with Crippen molar-refractivity contribution in [2.75, 3.05) is 13.7 Å². The molecule has 30 heavy (non-hydrogen) atoms. The Hall–Kier alpha value is -2.29. The molecular formula is C23H26O7. The Bertz CT molecular complexity index is 813. The second-order valence-corrected chi connectivity index (χ2v) is 7.29. The van der Waals surface area contributed by atoms with Crippen LogP contribution in [0.4, 0.5) is 0 Å². The Labute approximate surface area is 175 Å². The van der Waals surface area contributed by atoms with Gasteiger partial charge in [-0.2, -0.15) is 0 Å². The summed E-state index contributed by atoms with van der Waals surface area (Å²) in [6.45, 7) is 2.00. The van der Waals surface area contributed by atoms with Crippen molar-refractivity contribution in [2.24, 2.45) is 0 Å². The fourth-order valence-corrected chi connectivity index (χ4v) is 3.79. The van der Waals surface area contributed by atoms with E-state index >= 15 is 0 Å². The molecule has 0 bridgehead atoms. The van der Waals surface area contributed by atoms with Crippen LogP contribution in [0.3, 0.4) is 0 Å². The molecule has 4 rings (SSSR count). The van der Waals surface area contributed by atoms with Gasteiger partial charge in [0.15, 0.2) is 18.7 Å². The highest BCUT2D eigenvalue weighted by molar-refractivity contribution is 5.66. The largest absolute Gasteiger partial charge is 0.454 e. The standard InChI is InChI=1S/C23H26O7/c1-15(24)28-21-20(26-13-16-9-5-3-6-10-16)19-18(29-23(21)25-2)14-27-22(30-19)17-11-7-4-8-12-17/h3-12,18-23H,13-14H2,1-2H3/t18-,19-,20+,21+,22-,23-/m1/s1. The molecule has 2 aromatic rings. The molecule has 2 heterocycles. The second kappa shape index (κ2) is 9.68. The Balaban J connectivity index is 1.58. The van der Waals surface area contributed by atoms with Crippen LogP contribution < -0.4 is 0 Å². The predicted molar refractivity (Wildman–Crippen MR) is 106 cm³/mol. The van der Waals surface area contributed by atoms with Crippen molar-refractivity contribution in [2.45, 2.75) is 50.5 Å². The molecule has 2 aliphatic heterocycles. The summed E-state index contributed by atoms with van der Waals surface area (Å²) in [4.78, 5) is 11.8. The first-order valence-corrected chi connectivity index (χ1v) is 9.98. The van der Waals surface area contributed by atoms with Gasteiger partial charge in [0.1, 0.15) is 18.3 Å². The number of carbonyl (C=O) groups is 1. The first-order valence-electron chi connectivity index (χ1n) is 9.98. The van der Waals surface area contributed by atoms with Gasteiger partial charge >= 0.3 is 5.97 Å². The molecule has 2 aliphatic rings. The molecule has 0 amide bonds. The zero-order chi connectivity index (χ0) is 20.9. The molecule has 0 saturated carbocycles. The summed E-state index contributed by atoms with van der Waals surface area (Å²) in [6.07, 6.45) is -3.61. The molecule has 0 unspecified atom stereocenters. The number of esters is 1. The molecule has 0 aromatic heterocycles. The van der Waals surface area contributed by atoms with Crippen LogP contribution in [0, 0.1) is 0 Å². The molecule has 6 atom stereocenters. The van der Waals surface area contributed by atoms with E-state index in [1.807, 2.05) is 60.7 Å². The first-order chi connectivity index (χ1) is 14.7. The van der Waals surface area contributed by atoms with Gasteiger partial charge in [-0.1, -0.05) is 60.7 Å². The van der Waals surface area contributed by atoms with Gasteiger partial charge in [0, 0.05) is 19.6 Å². The third-order valence-corrected chi connectivity index (χ3v) is 5.18. The van der Waals surface area contributed by atoms with Gasteiger partial charge in [-0.05, 0) is 5.56 Å². The number of benzene rings is 2. The van der Waals surface area contributed by atoms with Crippen molar-refractivity contribution in [3.05, 3.63) is 71.8 Å². The van der Waals surface area contributed by atoms with Crippen LogP contribution in [0.5, 0.6) is 0 Å². The highest BCUT2D eigenvalue weighted by Gasteiger charge is 2.52. The average Bonchev–Trinajstić information content (AvgIpc) is 2.78. The summed E-state index contributed by atoms with van der Waals surface area (Å²) in [7, 11) is 1.51. The first kappa shape index (κ1) is 21.0. The van der Waals surface area contributed by atoms with E-state index in [4.69, 9.17) is 28.4 Å². The normalized spacial score (nSPS) is 31.0. The minimum Gasteiger partial charge on any atom is -0.454 e. The van der Waals surface area contributed by atoms with Crippen LogP contribution in [0.15, 0.2) is 60.7 Å². The van der Waals surface area contributed by atoms with Gasteiger partial charge in [0.25, 0.3) is 0 Å². The van der Waals surface area contributed by atoms with Crippen molar-refractivity contribution in [1.29, 1.82) is 0 Å². The van der Waals surface area contributed by atoms with Gasteiger partial charge < -0.3 is 28.4 Å². The molecule has 7 nitrogen and oxygen atoms in total. The molecule has 0 aliphatic carbocycles. The lowest BCUT2D eigenvalue weighted by atomic mass is 9.97. The van der Waals surface area contributed by atoms with E-state index in [0.29, 0.717) is 13.2 Å². The van der Waals surface area contributed by atoms with Crippen LogP contribution in [0.2, 0.25) is 0 Å². The van der Waals surface area contributed by atoms with Crippen molar-refractivity contribution in [1.82, 2.24) is 0 Å². The van der Waals surface area contributed by atoms with E-state index in [2.05, 4.69) is 0 Å². The van der Waals surface area contributed by atoms with Crippen LogP contribution in [0.1, 0.15) is 24.3 Å². The Morgan fingerprint density at radius 3 is 2.37 bits per heavy atom. The van der Waals surface area contributed by atoms with Gasteiger partial charge in [-0.25, -0.2) is 0 Å². The summed E-state index contributed by atoms with van der Waals surface area (Å²) < 4.78 is 35.4. The quantitative estimate of drug-likeness (QED) is 0.673. The molecule has 7 heteroatoms. The Morgan fingerprint density at radius 2 is 1.70 bits per heavy atom. The van der Waals surface area contributed by atoms with E-state index in [0.717, 1.165) is 11.1 Å². The lowest BCUT2D eigenvalue weighted by Crippen LogP contribution is -2.63. The van der Waals surface area contributed by atoms with Crippen molar-refractivity contribution < 1.29 is 33.2 Å². The number of rotatable bonds is 6. The Kier molecular flexibility index (Phi) is 6.76. The molecular weight excluding hydrogens is 388 g/mol. The summed E-state index contributed by atoms with van der Waals surface area (Å²) >= 11 is 0. The topological polar surface area (TPSA) is 72.5 Å². The smallest absolute Gasteiger partial charge is 0.303 e. The van der Waals surface area contributed by atoms with Crippen LogP contribution >= 0.6 is 0 Å². The van der Waals surface area contributed by atoms with Gasteiger partial charge in [-0.15, -0.1) is 0 Å². The summed E-state index contributed by atoms with van der Waals surface area (Å²) in [6, 6.07) is 19.5. The number of methoxy groups -OCH3 is 1. The zero-order valence-electron chi connectivity index (χ0n) is 17.0. The van der Waals surface area contributed by atoms with Crippen LogP contribution in [-0.2, 0) is 39.8 Å². The van der Waals surface area contributed by atoms with E-state index in [9.17, 15) is 4.79 Å². The average molecular weight is 414 g/mol. The van der Waals surface area contributed by atoms with Crippen molar-refractivity contribution >= 4 is 5.97 Å². The molecule has 2 saturated heterocycles. The molecule has 0 spiro atoms. The fourth-order valence-electron chi connectivity index (χ4n) is 3.79. The number of carbonyl (C=O) groups excluding carboxylic acids is 1. The highest BCUT2D eigenvalue weighted by Crippen LogP contribution is 2.36. The van der Waals surface area contributed by atoms with Gasteiger partial charge in [0.05, 0.1) is 13.2 Å². The van der Waals surface area contributed by atoms with E-state index in [1.165, 1.54) is 14.0 Å². The Morgan fingerprint density at radius 1 is 1.00 bits per heavy atom. The predicted octanol–water partition coefficient (Wildman–Crippen LogP) is 2.99. The van der Waals surface area contributed by atoms with E-state index < -0.39 is 43.0 Å². The molecule has 0 N–H and O–H groups in total. The number of ether oxygens (including phenoxy) is 6. The number of fused-ring (bicyclic) bond motifs is 1. The maximum Gasteiger partial charge on any atom is 0.303 e. The molecule has 2 fully saturated rings. The monoisotopic (exact) mass is 414 g/mol. The molecule has 2 aromatic carbocycles.